The highest BCUT2D eigenvalue weighted by Crippen LogP contribution is 2.31. The molecule has 7 heteroatoms. The van der Waals surface area contributed by atoms with Crippen molar-refractivity contribution in [2.45, 2.75) is 0 Å². The van der Waals surface area contributed by atoms with E-state index in [1.54, 1.807) is 0 Å². The van der Waals surface area contributed by atoms with E-state index >= 15 is 0 Å². The summed E-state index contributed by atoms with van der Waals surface area (Å²) >= 11 is 0. The fourth-order valence-electron chi connectivity index (χ4n) is 6.04. The molecule has 0 amide bonds. The van der Waals surface area contributed by atoms with E-state index in [0.29, 0.717) is 23.3 Å². The van der Waals surface area contributed by atoms with Crippen molar-refractivity contribution in [1.29, 1.82) is 0 Å². The molecule has 3 aromatic heterocycles. The SMILES string of the molecule is c1ccc(-c2cccc(-c3nc4ccccc4c4nc(-c5ccc(-c6nc(-c7ccccc7)nc(-c7ccccc7)n6)cc5)nn34)c2)cc1. The molecule has 0 unspecified atom stereocenters. The number of nitrogens with zero attached hydrogens (tertiary/aromatic N) is 7. The molecule has 9 aromatic rings. The molecular formula is C42H27N7. The lowest BCUT2D eigenvalue weighted by atomic mass is 10.0. The average molecular weight is 630 g/mol. The van der Waals surface area contributed by atoms with Crippen LogP contribution in [-0.2, 0) is 0 Å². The number of rotatable bonds is 6. The van der Waals surface area contributed by atoms with Crippen molar-refractivity contribution in [3.8, 4) is 68.1 Å². The number of hydrogen-bond donors (Lipinski definition) is 0. The third-order valence-corrected chi connectivity index (χ3v) is 8.51. The van der Waals surface area contributed by atoms with E-state index in [-0.39, 0.29) is 0 Å². The molecule has 0 radical (unpaired) electrons. The van der Waals surface area contributed by atoms with Gasteiger partial charge in [0.15, 0.2) is 34.8 Å². The van der Waals surface area contributed by atoms with Gasteiger partial charge in [-0.05, 0) is 29.3 Å². The van der Waals surface area contributed by atoms with E-state index in [2.05, 4.69) is 48.5 Å². The molecular weight excluding hydrogens is 603 g/mol. The summed E-state index contributed by atoms with van der Waals surface area (Å²) in [6.45, 7) is 0. The van der Waals surface area contributed by atoms with Crippen molar-refractivity contribution in [3.05, 3.63) is 164 Å². The molecule has 0 atom stereocenters. The second-order valence-electron chi connectivity index (χ2n) is 11.7. The summed E-state index contributed by atoms with van der Waals surface area (Å²) in [7, 11) is 0. The molecule has 49 heavy (non-hydrogen) atoms. The van der Waals surface area contributed by atoms with Gasteiger partial charge in [-0.3, -0.25) is 0 Å². The van der Waals surface area contributed by atoms with Crippen LogP contribution in [0.1, 0.15) is 0 Å². The summed E-state index contributed by atoms with van der Waals surface area (Å²) in [4.78, 5) is 24.7. The first-order valence-electron chi connectivity index (χ1n) is 16.1. The van der Waals surface area contributed by atoms with E-state index in [1.807, 2.05) is 120 Å². The summed E-state index contributed by atoms with van der Waals surface area (Å²) in [5.74, 6) is 3.18. The maximum atomic E-state index is 5.07. The minimum atomic E-state index is 0.595. The Hall–Kier alpha value is -6.86. The Morgan fingerprint density at radius 1 is 0.327 bits per heavy atom. The minimum Gasteiger partial charge on any atom is -0.228 e. The Balaban J connectivity index is 1.14. The Morgan fingerprint density at radius 2 is 0.796 bits per heavy atom. The summed E-state index contributed by atoms with van der Waals surface area (Å²) < 4.78 is 1.86. The maximum Gasteiger partial charge on any atom is 0.182 e. The van der Waals surface area contributed by atoms with Gasteiger partial charge in [0.1, 0.15) is 0 Å². The maximum absolute atomic E-state index is 5.07. The molecule has 0 saturated heterocycles. The molecule has 0 saturated carbocycles. The summed E-state index contributed by atoms with van der Waals surface area (Å²) in [6.07, 6.45) is 0. The first-order chi connectivity index (χ1) is 24.3. The lowest BCUT2D eigenvalue weighted by molar-refractivity contribution is 0.949. The van der Waals surface area contributed by atoms with Crippen LogP contribution in [-0.4, -0.2) is 34.5 Å². The molecule has 0 N–H and O–H groups in total. The van der Waals surface area contributed by atoms with E-state index in [9.17, 15) is 0 Å². The number of para-hydroxylation sites is 1. The first-order valence-corrected chi connectivity index (χ1v) is 16.1. The summed E-state index contributed by atoms with van der Waals surface area (Å²) in [6, 6.07) is 54.8. The van der Waals surface area contributed by atoms with Gasteiger partial charge in [0.05, 0.1) is 5.52 Å². The summed E-state index contributed by atoms with van der Waals surface area (Å²) in [5.41, 5.74) is 8.44. The van der Waals surface area contributed by atoms with Gasteiger partial charge in [-0.1, -0.05) is 146 Å². The Labute approximate surface area is 282 Å². The largest absolute Gasteiger partial charge is 0.228 e. The lowest BCUT2D eigenvalue weighted by Gasteiger charge is -2.09. The van der Waals surface area contributed by atoms with Crippen molar-refractivity contribution < 1.29 is 0 Å². The highest BCUT2D eigenvalue weighted by atomic mass is 15.3. The van der Waals surface area contributed by atoms with E-state index in [1.165, 1.54) is 0 Å². The van der Waals surface area contributed by atoms with Crippen molar-refractivity contribution in [2.24, 2.45) is 0 Å². The zero-order valence-corrected chi connectivity index (χ0v) is 26.2. The Bertz CT molecular complexity index is 2520. The van der Waals surface area contributed by atoms with Crippen molar-refractivity contribution in [2.75, 3.05) is 0 Å². The fourth-order valence-corrected chi connectivity index (χ4v) is 6.04. The molecule has 3 heterocycles. The number of benzene rings is 6. The topological polar surface area (TPSA) is 81.8 Å². The van der Waals surface area contributed by atoms with Gasteiger partial charge in [0.2, 0.25) is 0 Å². The molecule has 7 nitrogen and oxygen atoms in total. The zero-order chi connectivity index (χ0) is 32.6. The van der Waals surface area contributed by atoms with Crippen LogP contribution in [0.2, 0.25) is 0 Å². The van der Waals surface area contributed by atoms with Gasteiger partial charge in [-0.15, -0.1) is 5.10 Å². The van der Waals surface area contributed by atoms with E-state index in [4.69, 9.17) is 30.0 Å². The minimum absolute atomic E-state index is 0.595. The molecule has 0 aliphatic carbocycles. The zero-order valence-electron chi connectivity index (χ0n) is 26.2. The fraction of sp³-hybridized carbons (Fsp3) is 0. The quantitative estimate of drug-likeness (QED) is 0.182. The molecule has 0 aliphatic rings. The van der Waals surface area contributed by atoms with Crippen LogP contribution in [0.3, 0.4) is 0 Å². The van der Waals surface area contributed by atoms with Crippen LogP contribution in [0, 0.1) is 0 Å². The smallest absolute Gasteiger partial charge is 0.182 e. The first kappa shape index (κ1) is 28.4. The van der Waals surface area contributed by atoms with Crippen LogP contribution < -0.4 is 0 Å². The molecule has 0 fully saturated rings. The van der Waals surface area contributed by atoms with E-state index in [0.717, 1.165) is 61.3 Å². The van der Waals surface area contributed by atoms with Gasteiger partial charge >= 0.3 is 0 Å². The Kier molecular flexibility index (Phi) is 6.98. The van der Waals surface area contributed by atoms with Gasteiger partial charge in [-0.25, -0.2) is 24.9 Å². The van der Waals surface area contributed by atoms with Gasteiger partial charge in [0.25, 0.3) is 0 Å². The van der Waals surface area contributed by atoms with Crippen LogP contribution in [0.25, 0.3) is 84.6 Å². The third-order valence-electron chi connectivity index (χ3n) is 8.51. The molecule has 0 bridgehead atoms. The second kappa shape index (κ2) is 12.1. The number of aromatic nitrogens is 7. The molecule has 0 aliphatic heterocycles. The molecule has 6 aromatic carbocycles. The lowest BCUT2D eigenvalue weighted by Crippen LogP contribution is -2.00. The second-order valence-corrected chi connectivity index (χ2v) is 11.7. The number of hydrogen-bond acceptors (Lipinski definition) is 6. The Morgan fingerprint density at radius 3 is 1.41 bits per heavy atom. The van der Waals surface area contributed by atoms with Crippen molar-refractivity contribution in [3.63, 3.8) is 0 Å². The van der Waals surface area contributed by atoms with Gasteiger partial charge < -0.3 is 0 Å². The molecule has 0 spiro atoms. The van der Waals surface area contributed by atoms with Crippen molar-refractivity contribution >= 4 is 16.6 Å². The standard InChI is InChI=1S/C42H27N7/c1-4-13-28(14-5-1)33-19-12-20-34(27-33)41-43-36-22-11-10-21-35(36)42-47-40(48-49(41)42)32-25-23-31(24-26-32)39-45-37(29-15-6-2-7-16-29)44-38(46-39)30-17-8-3-9-18-30/h1-27H. The summed E-state index contributed by atoms with van der Waals surface area (Å²) in [5, 5.41) is 5.96. The molecule has 230 valence electrons. The van der Waals surface area contributed by atoms with E-state index < -0.39 is 0 Å². The van der Waals surface area contributed by atoms with Gasteiger partial charge in [0, 0.05) is 33.2 Å². The highest BCUT2D eigenvalue weighted by Gasteiger charge is 2.17. The van der Waals surface area contributed by atoms with Crippen molar-refractivity contribution in [1.82, 2.24) is 34.5 Å². The third kappa shape index (κ3) is 5.39. The van der Waals surface area contributed by atoms with Crippen LogP contribution in [0.5, 0.6) is 0 Å². The van der Waals surface area contributed by atoms with Crippen LogP contribution in [0.15, 0.2) is 164 Å². The predicted molar refractivity (Wildman–Crippen MR) is 194 cm³/mol. The highest BCUT2D eigenvalue weighted by molar-refractivity contribution is 5.93. The normalized spacial score (nSPS) is 11.3. The molecule has 9 rings (SSSR count). The van der Waals surface area contributed by atoms with Gasteiger partial charge in [-0.2, -0.15) is 4.52 Å². The number of fused-ring (bicyclic) bond motifs is 3. The van der Waals surface area contributed by atoms with Crippen LogP contribution in [0.4, 0.5) is 0 Å². The average Bonchev–Trinajstić information content (AvgIpc) is 3.65. The monoisotopic (exact) mass is 629 g/mol. The predicted octanol–water partition coefficient (Wildman–Crippen LogP) is 9.46. The van der Waals surface area contributed by atoms with Crippen LogP contribution >= 0.6 is 0 Å².